The number of ether oxygens (including phenoxy) is 1. The van der Waals surface area contributed by atoms with Crippen LogP contribution >= 0.6 is 11.6 Å². The van der Waals surface area contributed by atoms with Crippen molar-refractivity contribution in [1.29, 1.82) is 0 Å². The van der Waals surface area contributed by atoms with Gasteiger partial charge in [0.15, 0.2) is 0 Å². The number of halogens is 2. The van der Waals surface area contributed by atoms with E-state index in [0.717, 1.165) is 18.5 Å². The second-order valence-corrected chi connectivity index (χ2v) is 5.71. The molecule has 0 aliphatic carbocycles. The molecule has 1 amide bonds. The molecule has 4 nitrogen and oxygen atoms in total. The molecular formula is C18H20ClFN2O2. The van der Waals surface area contributed by atoms with Gasteiger partial charge in [0.1, 0.15) is 11.6 Å². The Morgan fingerprint density at radius 2 is 1.92 bits per heavy atom. The van der Waals surface area contributed by atoms with E-state index in [1.807, 2.05) is 0 Å². The molecule has 0 unspecified atom stereocenters. The van der Waals surface area contributed by atoms with Crippen LogP contribution in [0.4, 0.5) is 10.1 Å². The molecular weight excluding hydrogens is 331 g/mol. The highest BCUT2D eigenvalue weighted by molar-refractivity contribution is 6.31. The van der Waals surface area contributed by atoms with Crippen LogP contribution in [0.1, 0.15) is 12.0 Å². The largest absolute Gasteiger partial charge is 0.495 e. The number of amides is 1. The molecule has 0 atom stereocenters. The van der Waals surface area contributed by atoms with Crippen LogP contribution in [0, 0.1) is 5.82 Å². The van der Waals surface area contributed by atoms with Gasteiger partial charge in [-0.3, -0.25) is 4.79 Å². The lowest BCUT2D eigenvalue weighted by molar-refractivity contribution is -0.116. The normalized spacial score (nSPS) is 10.5. The van der Waals surface area contributed by atoms with Gasteiger partial charge in [0.2, 0.25) is 5.91 Å². The molecule has 0 bridgehead atoms. The van der Waals surface area contributed by atoms with Gasteiger partial charge in [0.25, 0.3) is 0 Å². The molecule has 0 aromatic heterocycles. The van der Waals surface area contributed by atoms with E-state index >= 15 is 0 Å². The van der Waals surface area contributed by atoms with Crippen LogP contribution in [0.15, 0.2) is 42.5 Å². The monoisotopic (exact) mass is 350 g/mol. The summed E-state index contributed by atoms with van der Waals surface area (Å²) in [5.41, 5.74) is 1.61. The van der Waals surface area contributed by atoms with Crippen molar-refractivity contribution in [3.63, 3.8) is 0 Å². The highest BCUT2D eigenvalue weighted by atomic mass is 35.5. The van der Waals surface area contributed by atoms with E-state index in [9.17, 15) is 9.18 Å². The number of hydrogen-bond acceptors (Lipinski definition) is 3. The molecule has 0 heterocycles. The van der Waals surface area contributed by atoms with E-state index in [0.29, 0.717) is 29.4 Å². The number of benzene rings is 2. The van der Waals surface area contributed by atoms with E-state index in [1.54, 1.807) is 30.3 Å². The summed E-state index contributed by atoms with van der Waals surface area (Å²) >= 11 is 5.93. The fourth-order valence-electron chi connectivity index (χ4n) is 2.20. The molecule has 6 heteroatoms. The minimum Gasteiger partial charge on any atom is -0.495 e. The van der Waals surface area contributed by atoms with Gasteiger partial charge in [-0.05, 0) is 48.9 Å². The minimum atomic E-state index is -0.236. The molecule has 0 spiro atoms. The van der Waals surface area contributed by atoms with E-state index < -0.39 is 0 Å². The number of anilines is 1. The van der Waals surface area contributed by atoms with Crippen molar-refractivity contribution in [3.8, 4) is 5.75 Å². The second kappa shape index (κ2) is 9.25. The maximum atomic E-state index is 12.8. The SMILES string of the molecule is COc1ccc(Cl)cc1NC(=O)CCNCCc1ccc(F)cc1. The van der Waals surface area contributed by atoms with Gasteiger partial charge in [-0.25, -0.2) is 4.39 Å². The number of carbonyl (C=O) groups excluding carboxylic acids is 1. The summed E-state index contributed by atoms with van der Waals surface area (Å²) in [5, 5.41) is 6.51. The average Bonchev–Trinajstić information content (AvgIpc) is 2.56. The van der Waals surface area contributed by atoms with Crippen molar-refractivity contribution in [3.05, 3.63) is 58.9 Å². The number of methoxy groups -OCH3 is 1. The molecule has 0 aliphatic rings. The zero-order valence-electron chi connectivity index (χ0n) is 13.4. The molecule has 0 radical (unpaired) electrons. The van der Waals surface area contributed by atoms with Gasteiger partial charge < -0.3 is 15.4 Å². The zero-order chi connectivity index (χ0) is 17.4. The van der Waals surface area contributed by atoms with Crippen LogP contribution in [0.25, 0.3) is 0 Å². The first-order valence-electron chi connectivity index (χ1n) is 7.67. The van der Waals surface area contributed by atoms with Crippen molar-refractivity contribution in [1.82, 2.24) is 5.32 Å². The van der Waals surface area contributed by atoms with Gasteiger partial charge in [-0.1, -0.05) is 23.7 Å². The molecule has 0 saturated carbocycles. The Morgan fingerprint density at radius 1 is 1.17 bits per heavy atom. The predicted molar refractivity (Wildman–Crippen MR) is 94.2 cm³/mol. The Kier molecular flexibility index (Phi) is 7.03. The fourth-order valence-corrected chi connectivity index (χ4v) is 2.37. The lowest BCUT2D eigenvalue weighted by atomic mass is 10.1. The molecule has 2 aromatic rings. The maximum Gasteiger partial charge on any atom is 0.225 e. The molecule has 0 fully saturated rings. The van der Waals surface area contributed by atoms with Crippen molar-refractivity contribution in [2.45, 2.75) is 12.8 Å². The third-order valence-electron chi connectivity index (χ3n) is 3.47. The first-order chi connectivity index (χ1) is 11.6. The highest BCUT2D eigenvalue weighted by Crippen LogP contribution is 2.27. The third kappa shape index (κ3) is 5.83. The second-order valence-electron chi connectivity index (χ2n) is 5.27. The first-order valence-corrected chi connectivity index (χ1v) is 8.05. The van der Waals surface area contributed by atoms with E-state index in [1.165, 1.54) is 19.2 Å². The zero-order valence-corrected chi connectivity index (χ0v) is 14.2. The molecule has 0 aliphatic heterocycles. The molecule has 2 rings (SSSR count). The van der Waals surface area contributed by atoms with E-state index in [2.05, 4.69) is 10.6 Å². The van der Waals surface area contributed by atoms with Crippen LogP contribution in [0.3, 0.4) is 0 Å². The van der Waals surface area contributed by atoms with Crippen LogP contribution < -0.4 is 15.4 Å². The van der Waals surface area contributed by atoms with E-state index in [-0.39, 0.29) is 11.7 Å². The van der Waals surface area contributed by atoms with E-state index in [4.69, 9.17) is 16.3 Å². The Morgan fingerprint density at radius 3 is 2.62 bits per heavy atom. The quantitative estimate of drug-likeness (QED) is 0.714. The first kappa shape index (κ1) is 18.2. The van der Waals surface area contributed by atoms with Crippen LogP contribution in [-0.2, 0) is 11.2 Å². The summed E-state index contributed by atoms with van der Waals surface area (Å²) in [4.78, 5) is 12.0. The number of nitrogens with one attached hydrogen (secondary N) is 2. The van der Waals surface area contributed by atoms with Crippen molar-refractivity contribution in [2.24, 2.45) is 0 Å². The molecule has 0 saturated heterocycles. The van der Waals surface area contributed by atoms with Crippen molar-refractivity contribution in [2.75, 3.05) is 25.5 Å². The smallest absolute Gasteiger partial charge is 0.225 e. The lowest BCUT2D eigenvalue weighted by Crippen LogP contribution is -2.23. The third-order valence-corrected chi connectivity index (χ3v) is 3.70. The Hall–Kier alpha value is -2.11. The summed E-state index contributed by atoms with van der Waals surface area (Å²) in [7, 11) is 1.54. The molecule has 24 heavy (non-hydrogen) atoms. The predicted octanol–water partition coefficient (Wildman–Crippen LogP) is 3.65. The van der Waals surface area contributed by atoms with Gasteiger partial charge in [-0.2, -0.15) is 0 Å². The van der Waals surface area contributed by atoms with Crippen molar-refractivity contribution >= 4 is 23.2 Å². The molecule has 128 valence electrons. The fraction of sp³-hybridized carbons (Fsp3) is 0.278. The average molecular weight is 351 g/mol. The number of hydrogen-bond donors (Lipinski definition) is 2. The lowest BCUT2D eigenvalue weighted by Gasteiger charge is -2.11. The maximum absolute atomic E-state index is 12.8. The summed E-state index contributed by atoms with van der Waals surface area (Å²) < 4.78 is 18.0. The van der Waals surface area contributed by atoms with Crippen LogP contribution in [0.5, 0.6) is 5.75 Å². The topological polar surface area (TPSA) is 50.4 Å². The van der Waals surface area contributed by atoms with Gasteiger partial charge in [-0.15, -0.1) is 0 Å². The van der Waals surface area contributed by atoms with Crippen LogP contribution in [-0.4, -0.2) is 26.1 Å². The molecule has 2 aromatic carbocycles. The Balaban J connectivity index is 1.70. The highest BCUT2D eigenvalue weighted by Gasteiger charge is 2.08. The van der Waals surface area contributed by atoms with Crippen molar-refractivity contribution < 1.29 is 13.9 Å². The Labute approximate surface area is 146 Å². The van der Waals surface area contributed by atoms with Gasteiger partial charge in [0.05, 0.1) is 12.8 Å². The number of carbonyl (C=O) groups is 1. The summed E-state index contributed by atoms with van der Waals surface area (Å²) in [6.07, 6.45) is 1.11. The Bertz CT molecular complexity index is 677. The van der Waals surface area contributed by atoms with Gasteiger partial charge in [0, 0.05) is 18.0 Å². The van der Waals surface area contributed by atoms with Crippen LogP contribution in [0.2, 0.25) is 5.02 Å². The number of rotatable bonds is 8. The summed E-state index contributed by atoms with van der Waals surface area (Å²) in [6, 6.07) is 11.5. The minimum absolute atomic E-state index is 0.121. The summed E-state index contributed by atoms with van der Waals surface area (Å²) in [5.74, 6) is 0.210. The molecule has 2 N–H and O–H groups in total. The summed E-state index contributed by atoms with van der Waals surface area (Å²) in [6.45, 7) is 1.27. The standard InChI is InChI=1S/C18H20ClFN2O2/c1-24-17-7-4-14(19)12-16(17)22-18(23)9-11-21-10-8-13-2-5-15(20)6-3-13/h2-7,12,21H,8-11H2,1H3,(H,22,23). The van der Waals surface area contributed by atoms with Gasteiger partial charge >= 0.3 is 0 Å².